The molecular weight excluding hydrogens is 272 g/mol. The van der Waals surface area contributed by atoms with Crippen LogP contribution >= 0.6 is 0 Å². The maximum absolute atomic E-state index is 9.10. The van der Waals surface area contributed by atoms with Gasteiger partial charge >= 0.3 is 0 Å². The van der Waals surface area contributed by atoms with Crippen molar-refractivity contribution < 1.29 is 9.84 Å². The molecule has 1 aromatic carbocycles. The Kier molecular flexibility index (Phi) is 5.99. The van der Waals surface area contributed by atoms with E-state index in [1.165, 1.54) is 0 Å². The van der Waals surface area contributed by atoms with Crippen molar-refractivity contribution in [3.05, 3.63) is 90.3 Å². The molecule has 0 aliphatic heterocycles. The van der Waals surface area contributed by atoms with Gasteiger partial charge in [-0.05, 0) is 24.0 Å². The van der Waals surface area contributed by atoms with Crippen LogP contribution in [-0.4, -0.2) is 18.3 Å². The molecule has 1 aliphatic rings. The number of aliphatic hydroxyl groups is 1. The Labute approximate surface area is 132 Å². The summed E-state index contributed by atoms with van der Waals surface area (Å²) in [6.07, 6.45) is 9.58. The molecule has 1 N–H and O–H groups in total. The van der Waals surface area contributed by atoms with Gasteiger partial charge in [-0.25, -0.2) is 0 Å². The highest BCUT2D eigenvalue weighted by Crippen LogP contribution is 2.36. The highest BCUT2D eigenvalue weighted by molar-refractivity contribution is 5.80. The first-order valence-electron chi connectivity index (χ1n) is 7.49. The molecule has 0 radical (unpaired) electrons. The normalized spacial score (nSPS) is 14.9. The second-order valence-electron chi connectivity index (χ2n) is 5.02. The number of hydrogen-bond acceptors (Lipinski definition) is 2. The Morgan fingerprint density at radius 1 is 1.27 bits per heavy atom. The molecule has 0 spiro atoms. The molecule has 2 heteroatoms. The van der Waals surface area contributed by atoms with E-state index in [9.17, 15) is 0 Å². The number of rotatable bonds is 7. The van der Waals surface area contributed by atoms with Gasteiger partial charge in [-0.1, -0.05) is 67.8 Å². The standard InChI is InChI=1S/C20H22O2/c1-3-4-9-16(2)18-12-8-13-19(20(18)22-15-14-21)17-10-6-5-7-11-17/h3-7,9-11,13,21H,1-2,8,12,14-15H2/b9-4-. The summed E-state index contributed by atoms with van der Waals surface area (Å²) in [5.74, 6) is 0.824. The summed E-state index contributed by atoms with van der Waals surface area (Å²) in [6, 6.07) is 10.2. The summed E-state index contributed by atoms with van der Waals surface area (Å²) in [4.78, 5) is 0. The summed E-state index contributed by atoms with van der Waals surface area (Å²) in [6.45, 7) is 8.10. The van der Waals surface area contributed by atoms with Gasteiger partial charge in [0, 0.05) is 11.1 Å². The molecule has 0 heterocycles. The van der Waals surface area contributed by atoms with Gasteiger partial charge in [-0.2, -0.15) is 0 Å². The highest BCUT2D eigenvalue weighted by atomic mass is 16.5. The fourth-order valence-electron chi connectivity index (χ4n) is 2.50. The zero-order chi connectivity index (χ0) is 15.8. The van der Waals surface area contributed by atoms with Gasteiger partial charge in [-0.15, -0.1) is 0 Å². The minimum absolute atomic E-state index is 0.00613. The number of benzene rings is 1. The van der Waals surface area contributed by atoms with Crippen molar-refractivity contribution >= 4 is 5.57 Å². The molecule has 114 valence electrons. The van der Waals surface area contributed by atoms with E-state index in [-0.39, 0.29) is 13.2 Å². The first kappa shape index (κ1) is 16.1. The Balaban J connectivity index is 2.42. The lowest BCUT2D eigenvalue weighted by Crippen LogP contribution is -2.08. The first-order chi connectivity index (χ1) is 10.8. The molecule has 0 unspecified atom stereocenters. The van der Waals surface area contributed by atoms with Crippen LogP contribution in [0.3, 0.4) is 0 Å². The molecule has 0 saturated carbocycles. The summed E-state index contributed by atoms with van der Waals surface area (Å²) in [5, 5.41) is 9.10. The molecular formula is C20H22O2. The maximum atomic E-state index is 9.10. The van der Waals surface area contributed by atoms with Crippen LogP contribution in [0.1, 0.15) is 18.4 Å². The van der Waals surface area contributed by atoms with E-state index < -0.39 is 0 Å². The van der Waals surface area contributed by atoms with Crippen molar-refractivity contribution in [2.75, 3.05) is 13.2 Å². The van der Waals surface area contributed by atoms with Crippen LogP contribution in [0.4, 0.5) is 0 Å². The fourth-order valence-corrected chi connectivity index (χ4v) is 2.50. The van der Waals surface area contributed by atoms with Crippen LogP contribution in [0.2, 0.25) is 0 Å². The summed E-state index contributed by atoms with van der Waals surface area (Å²) >= 11 is 0. The Bertz CT molecular complexity index is 618. The van der Waals surface area contributed by atoms with Crippen LogP contribution in [0.15, 0.2) is 84.7 Å². The van der Waals surface area contributed by atoms with Gasteiger partial charge in [-0.3, -0.25) is 0 Å². The lowest BCUT2D eigenvalue weighted by Gasteiger charge is -2.23. The van der Waals surface area contributed by atoms with Crippen molar-refractivity contribution in [3.8, 4) is 0 Å². The van der Waals surface area contributed by atoms with E-state index in [0.29, 0.717) is 0 Å². The van der Waals surface area contributed by atoms with E-state index >= 15 is 0 Å². The number of hydrogen-bond donors (Lipinski definition) is 1. The topological polar surface area (TPSA) is 29.5 Å². The third-order valence-electron chi connectivity index (χ3n) is 3.51. The lowest BCUT2D eigenvalue weighted by atomic mass is 9.89. The second-order valence-corrected chi connectivity index (χ2v) is 5.02. The van der Waals surface area contributed by atoms with Crippen LogP contribution < -0.4 is 0 Å². The molecule has 2 nitrogen and oxygen atoms in total. The van der Waals surface area contributed by atoms with Crippen LogP contribution in [0, 0.1) is 0 Å². The SMILES string of the molecule is C=C/C=C\C(=C)C1=C(OCCO)C(c2ccccc2)=CCC1. The Morgan fingerprint density at radius 2 is 2.05 bits per heavy atom. The maximum Gasteiger partial charge on any atom is 0.130 e. The molecule has 0 amide bonds. The smallest absolute Gasteiger partial charge is 0.130 e. The van der Waals surface area contributed by atoms with Gasteiger partial charge in [0.1, 0.15) is 12.4 Å². The van der Waals surface area contributed by atoms with Crippen LogP contribution in [-0.2, 0) is 4.74 Å². The van der Waals surface area contributed by atoms with Gasteiger partial charge in [0.05, 0.1) is 6.61 Å². The summed E-state index contributed by atoms with van der Waals surface area (Å²) < 4.78 is 5.85. The van der Waals surface area contributed by atoms with Crippen molar-refractivity contribution in [1.82, 2.24) is 0 Å². The third kappa shape index (κ3) is 3.86. The van der Waals surface area contributed by atoms with E-state index in [2.05, 4.69) is 31.4 Å². The average Bonchev–Trinajstić information content (AvgIpc) is 2.58. The summed E-state index contributed by atoms with van der Waals surface area (Å²) in [5.41, 5.74) is 4.21. The molecule has 1 aromatic rings. The van der Waals surface area contributed by atoms with Crippen molar-refractivity contribution in [2.45, 2.75) is 12.8 Å². The van der Waals surface area contributed by atoms with E-state index in [1.807, 2.05) is 30.4 Å². The first-order valence-corrected chi connectivity index (χ1v) is 7.49. The second kappa shape index (κ2) is 8.20. The molecule has 0 atom stereocenters. The monoisotopic (exact) mass is 294 g/mol. The average molecular weight is 294 g/mol. The third-order valence-corrected chi connectivity index (χ3v) is 3.51. The quantitative estimate of drug-likeness (QED) is 0.754. The number of aliphatic hydroxyl groups excluding tert-OH is 1. The molecule has 0 bridgehead atoms. The van der Waals surface area contributed by atoms with E-state index in [4.69, 9.17) is 9.84 Å². The zero-order valence-corrected chi connectivity index (χ0v) is 12.8. The minimum Gasteiger partial charge on any atom is -0.490 e. The predicted molar refractivity (Wildman–Crippen MR) is 92.2 cm³/mol. The number of allylic oxidation sites excluding steroid dienone is 7. The molecule has 0 aromatic heterocycles. The largest absolute Gasteiger partial charge is 0.490 e. The summed E-state index contributed by atoms with van der Waals surface area (Å²) in [7, 11) is 0. The van der Waals surface area contributed by atoms with Crippen molar-refractivity contribution in [2.24, 2.45) is 0 Å². The van der Waals surface area contributed by atoms with E-state index in [0.717, 1.165) is 40.9 Å². The Morgan fingerprint density at radius 3 is 2.73 bits per heavy atom. The van der Waals surface area contributed by atoms with Crippen molar-refractivity contribution in [3.63, 3.8) is 0 Å². The molecule has 0 fully saturated rings. The van der Waals surface area contributed by atoms with Crippen LogP contribution in [0.25, 0.3) is 5.57 Å². The van der Waals surface area contributed by atoms with Gasteiger partial charge < -0.3 is 9.84 Å². The van der Waals surface area contributed by atoms with Crippen LogP contribution in [0.5, 0.6) is 0 Å². The molecule has 2 rings (SSSR count). The predicted octanol–water partition coefficient (Wildman–Crippen LogP) is 4.43. The Hall–Kier alpha value is -2.32. The zero-order valence-electron chi connectivity index (χ0n) is 12.8. The van der Waals surface area contributed by atoms with E-state index in [1.54, 1.807) is 6.08 Å². The highest BCUT2D eigenvalue weighted by Gasteiger charge is 2.20. The van der Waals surface area contributed by atoms with Gasteiger partial charge in [0.2, 0.25) is 0 Å². The minimum atomic E-state index is -0.00613. The fraction of sp³-hybridized carbons (Fsp3) is 0.200. The van der Waals surface area contributed by atoms with Crippen molar-refractivity contribution in [1.29, 1.82) is 0 Å². The van der Waals surface area contributed by atoms with Gasteiger partial charge in [0.25, 0.3) is 0 Å². The molecule has 1 aliphatic carbocycles. The lowest BCUT2D eigenvalue weighted by molar-refractivity contribution is 0.152. The molecule has 22 heavy (non-hydrogen) atoms. The van der Waals surface area contributed by atoms with Gasteiger partial charge in [0.15, 0.2) is 0 Å². The molecule has 0 saturated heterocycles. The number of ether oxygens (including phenoxy) is 1.